The highest BCUT2D eigenvalue weighted by atomic mass is 16.6. The smallest absolute Gasteiger partial charge is 0.270 e. The normalized spacial score (nSPS) is 18.2. The van der Waals surface area contributed by atoms with Gasteiger partial charge in [-0.15, -0.1) is 0 Å². The maximum atomic E-state index is 12.1. The van der Waals surface area contributed by atoms with E-state index in [1.807, 2.05) is 11.8 Å². The van der Waals surface area contributed by atoms with Crippen molar-refractivity contribution in [3.05, 3.63) is 33.9 Å². The molecule has 0 radical (unpaired) electrons. The Morgan fingerprint density at radius 3 is 2.64 bits per heavy atom. The number of amides is 1. The van der Waals surface area contributed by atoms with Crippen LogP contribution in [0.15, 0.2) is 18.2 Å². The number of carbonyl (C=O) groups is 1. The predicted octanol–water partition coefficient (Wildman–Crippen LogP) is 2.48. The molecule has 136 valence electrons. The third-order valence-corrected chi connectivity index (χ3v) is 4.87. The van der Waals surface area contributed by atoms with Gasteiger partial charge in [-0.05, 0) is 38.7 Å². The van der Waals surface area contributed by atoms with Gasteiger partial charge in [-0.2, -0.15) is 0 Å². The highest BCUT2D eigenvalue weighted by molar-refractivity contribution is 5.81. The van der Waals surface area contributed by atoms with Crippen molar-refractivity contribution in [2.45, 2.75) is 45.2 Å². The Bertz CT molecular complexity index is 637. The second-order valence-corrected chi connectivity index (χ2v) is 6.74. The van der Waals surface area contributed by atoms with Crippen LogP contribution in [0, 0.1) is 16.0 Å². The summed E-state index contributed by atoms with van der Waals surface area (Å²) in [7, 11) is 0. The fraction of sp³-hybridized carbons (Fsp3) is 0.611. The van der Waals surface area contributed by atoms with Gasteiger partial charge >= 0.3 is 0 Å². The van der Waals surface area contributed by atoms with Crippen molar-refractivity contribution in [1.82, 2.24) is 10.2 Å². The zero-order valence-corrected chi connectivity index (χ0v) is 14.6. The van der Waals surface area contributed by atoms with Crippen molar-refractivity contribution in [1.29, 1.82) is 0 Å². The standard InChI is InChI=1S/C18H25N3O4/c1-2-25-17-6-5-16(21(23)24)11-14(17)12-19-15-7-9-20(10-8-15)18(22)13-3-4-13/h5-6,11,13,15,19H,2-4,7-10,12H2,1H3. The number of hydrogen-bond acceptors (Lipinski definition) is 5. The molecule has 1 saturated heterocycles. The summed E-state index contributed by atoms with van der Waals surface area (Å²) in [6, 6.07) is 5.02. The van der Waals surface area contributed by atoms with Gasteiger partial charge in [0.05, 0.1) is 11.5 Å². The molecule has 3 rings (SSSR count). The van der Waals surface area contributed by atoms with Crippen LogP contribution in [-0.2, 0) is 11.3 Å². The molecular weight excluding hydrogens is 322 g/mol. The molecule has 1 aromatic rings. The number of rotatable bonds is 7. The minimum Gasteiger partial charge on any atom is -0.494 e. The highest BCUT2D eigenvalue weighted by Crippen LogP contribution is 2.32. The Morgan fingerprint density at radius 2 is 2.04 bits per heavy atom. The fourth-order valence-electron chi connectivity index (χ4n) is 3.26. The number of likely N-dealkylation sites (tertiary alicyclic amines) is 1. The summed E-state index contributed by atoms with van der Waals surface area (Å²) in [6.07, 6.45) is 3.92. The average molecular weight is 347 g/mol. The van der Waals surface area contributed by atoms with Crippen molar-refractivity contribution < 1.29 is 14.5 Å². The SMILES string of the molecule is CCOc1ccc([N+](=O)[O-])cc1CNC1CCN(C(=O)C2CC2)CC1. The lowest BCUT2D eigenvalue weighted by atomic mass is 10.0. The molecule has 0 bridgehead atoms. The molecule has 1 saturated carbocycles. The number of ether oxygens (including phenoxy) is 1. The van der Waals surface area contributed by atoms with Crippen LogP contribution in [0.5, 0.6) is 5.75 Å². The topological polar surface area (TPSA) is 84.7 Å². The summed E-state index contributed by atoms with van der Waals surface area (Å²) in [5.41, 5.74) is 0.873. The van der Waals surface area contributed by atoms with Gasteiger partial charge < -0.3 is 15.0 Å². The molecule has 2 aliphatic rings. The van der Waals surface area contributed by atoms with Gasteiger partial charge in [0.2, 0.25) is 5.91 Å². The first-order valence-corrected chi connectivity index (χ1v) is 9.00. The molecule has 1 heterocycles. The first-order chi connectivity index (χ1) is 12.1. The number of nitrogens with zero attached hydrogens (tertiary/aromatic N) is 2. The minimum atomic E-state index is -0.388. The van der Waals surface area contributed by atoms with E-state index in [1.54, 1.807) is 12.1 Å². The number of benzene rings is 1. The third-order valence-electron chi connectivity index (χ3n) is 4.87. The number of hydrogen-bond donors (Lipinski definition) is 1. The average Bonchev–Trinajstić information content (AvgIpc) is 3.46. The maximum absolute atomic E-state index is 12.1. The van der Waals surface area contributed by atoms with Crippen molar-refractivity contribution in [3.8, 4) is 5.75 Å². The summed E-state index contributed by atoms with van der Waals surface area (Å²) in [4.78, 5) is 24.7. The van der Waals surface area contributed by atoms with Crippen molar-refractivity contribution in [2.75, 3.05) is 19.7 Å². The number of carbonyl (C=O) groups excluding carboxylic acids is 1. The van der Waals surface area contributed by atoms with Crippen LogP contribution >= 0.6 is 0 Å². The number of nitro benzene ring substituents is 1. The molecular formula is C18H25N3O4. The van der Waals surface area contributed by atoms with Gasteiger partial charge in [-0.25, -0.2) is 0 Å². The van der Waals surface area contributed by atoms with Crippen molar-refractivity contribution >= 4 is 11.6 Å². The maximum Gasteiger partial charge on any atom is 0.270 e. The van der Waals surface area contributed by atoms with Crippen LogP contribution in [0.3, 0.4) is 0 Å². The molecule has 25 heavy (non-hydrogen) atoms. The number of piperidine rings is 1. The second kappa shape index (κ2) is 7.82. The summed E-state index contributed by atoms with van der Waals surface area (Å²) in [5.74, 6) is 1.28. The van der Waals surface area contributed by atoms with E-state index < -0.39 is 0 Å². The van der Waals surface area contributed by atoms with Crippen LogP contribution in [0.1, 0.15) is 38.2 Å². The largest absolute Gasteiger partial charge is 0.494 e. The minimum absolute atomic E-state index is 0.0742. The van der Waals surface area contributed by atoms with Gasteiger partial charge in [-0.3, -0.25) is 14.9 Å². The molecule has 7 heteroatoms. The van der Waals surface area contributed by atoms with E-state index in [0.29, 0.717) is 30.9 Å². The van der Waals surface area contributed by atoms with Crippen LogP contribution in [0.25, 0.3) is 0 Å². The van der Waals surface area contributed by atoms with E-state index in [2.05, 4.69) is 5.32 Å². The summed E-state index contributed by atoms with van der Waals surface area (Å²) < 4.78 is 5.58. The van der Waals surface area contributed by atoms with Gasteiger partial charge in [-0.1, -0.05) is 0 Å². The molecule has 1 N–H and O–H groups in total. The van der Waals surface area contributed by atoms with Gasteiger partial charge in [0.15, 0.2) is 0 Å². The Labute approximate surface area is 147 Å². The molecule has 2 fully saturated rings. The Hall–Kier alpha value is -2.15. The lowest BCUT2D eigenvalue weighted by molar-refractivity contribution is -0.384. The Morgan fingerprint density at radius 1 is 1.32 bits per heavy atom. The lowest BCUT2D eigenvalue weighted by Gasteiger charge is -2.32. The van der Waals surface area contributed by atoms with Gasteiger partial charge in [0.25, 0.3) is 5.69 Å². The number of nitrogens with one attached hydrogen (secondary N) is 1. The molecule has 0 spiro atoms. The summed E-state index contributed by atoms with van der Waals surface area (Å²) in [6.45, 7) is 4.52. The Balaban J connectivity index is 1.55. The van der Waals surface area contributed by atoms with Crippen LogP contribution < -0.4 is 10.1 Å². The summed E-state index contributed by atoms with van der Waals surface area (Å²) >= 11 is 0. The first kappa shape index (κ1) is 17.7. The lowest BCUT2D eigenvalue weighted by Crippen LogP contribution is -2.45. The fourth-order valence-corrected chi connectivity index (χ4v) is 3.26. The van der Waals surface area contributed by atoms with Gasteiger partial charge in [0.1, 0.15) is 5.75 Å². The molecule has 0 atom stereocenters. The van der Waals surface area contributed by atoms with Crippen LogP contribution in [0.4, 0.5) is 5.69 Å². The molecule has 1 amide bonds. The third kappa shape index (κ3) is 4.48. The summed E-state index contributed by atoms with van der Waals surface area (Å²) in [5, 5.41) is 14.5. The first-order valence-electron chi connectivity index (χ1n) is 9.00. The zero-order chi connectivity index (χ0) is 17.8. The van der Waals surface area contributed by atoms with E-state index >= 15 is 0 Å². The predicted molar refractivity (Wildman–Crippen MR) is 93.4 cm³/mol. The van der Waals surface area contributed by atoms with Crippen LogP contribution in [0.2, 0.25) is 0 Å². The molecule has 1 aliphatic heterocycles. The van der Waals surface area contributed by atoms with E-state index in [-0.39, 0.29) is 16.5 Å². The van der Waals surface area contributed by atoms with E-state index in [9.17, 15) is 14.9 Å². The number of nitro groups is 1. The van der Waals surface area contributed by atoms with Crippen molar-refractivity contribution in [3.63, 3.8) is 0 Å². The van der Waals surface area contributed by atoms with Gasteiger partial charge in [0, 0.05) is 49.3 Å². The molecule has 1 aliphatic carbocycles. The van der Waals surface area contributed by atoms with Crippen molar-refractivity contribution in [2.24, 2.45) is 5.92 Å². The quantitative estimate of drug-likeness (QED) is 0.605. The number of non-ortho nitro benzene ring substituents is 1. The van der Waals surface area contributed by atoms with E-state index in [0.717, 1.165) is 44.3 Å². The Kier molecular flexibility index (Phi) is 5.53. The molecule has 0 aromatic heterocycles. The highest BCUT2D eigenvalue weighted by Gasteiger charge is 2.34. The monoisotopic (exact) mass is 347 g/mol. The molecule has 0 unspecified atom stereocenters. The zero-order valence-electron chi connectivity index (χ0n) is 14.6. The molecule has 1 aromatic carbocycles. The second-order valence-electron chi connectivity index (χ2n) is 6.74. The van der Waals surface area contributed by atoms with E-state index in [1.165, 1.54) is 6.07 Å². The van der Waals surface area contributed by atoms with E-state index in [4.69, 9.17) is 4.74 Å². The van der Waals surface area contributed by atoms with Crippen LogP contribution in [-0.4, -0.2) is 41.5 Å². The molecule has 7 nitrogen and oxygen atoms in total.